The molecule has 1 aromatic heterocycles. The van der Waals surface area contributed by atoms with Crippen LogP contribution in [0.4, 0.5) is 5.69 Å². The second-order valence-electron chi connectivity index (χ2n) is 5.11. The van der Waals surface area contributed by atoms with Gasteiger partial charge in [0.2, 0.25) is 0 Å². The third kappa shape index (κ3) is 4.89. The van der Waals surface area contributed by atoms with Crippen molar-refractivity contribution in [3.05, 3.63) is 53.0 Å². The Labute approximate surface area is 139 Å². The lowest BCUT2D eigenvalue weighted by Crippen LogP contribution is -2.11. The molecule has 0 aliphatic carbocycles. The van der Waals surface area contributed by atoms with E-state index in [1.807, 2.05) is 32.0 Å². The van der Waals surface area contributed by atoms with Gasteiger partial charge in [0.05, 0.1) is 5.75 Å². The molecule has 0 atom stereocenters. The fourth-order valence-corrected chi connectivity index (χ4v) is 2.86. The van der Waals surface area contributed by atoms with E-state index in [-0.39, 0.29) is 11.7 Å². The van der Waals surface area contributed by atoms with Crippen LogP contribution in [0, 0.1) is 6.92 Å². The van der Waals surface area contributed by atoms with Gasteiger partial charge in [0.15, 0.2) is 5.76 Å². The SMILES string of the molecule is CCc1oc(C(=O)Nc2cccc(CSCC(=O)O)c2)cc1C. The predicted octanol–water partition coefficient (Wildman–Crippen LogP) is 3.72. The number of rotatable bonds is 7. The number of amides is 1. The van der Waals surface area contributed by atoms with Gasteiger partial charge in [-0.25, -0.2) is 0 Å². The van der Waals surface area contributed by atoms with E-state index in [0.717, 1.165) is 23.3 Å². The van der Waals surface area contributed by atoms with E-state index >= 15 is 0 Å². The summed E-state index contributed by atoms with van der Waals surface area (Å²) in [6.45, 7) is 3.89. The van der Waals surface area contributed by atoms with E-state index in [2.05, 4.69) is 5.32 Å². The van der Waals surface area contributed by atoms with Crippen molar-refractivity contribution in [3.63, 3.8) is 0 Å². The van der Waals surface area contributed by atoms with Crippen molar-refractivity contribution in [3.8, 4) is 0 Å². The maximum Gasteiger partial charge on any atom is 0.313 e. The average Bonchev–Trinajstić information content (AvgIpc) is 2.88. The number of hydrogen-bond donors (Lipinski definition) is 2. The second kappa shape index (κ2) is 7.87. The van der Waals surface area contributed by atoms with Crippen LogP contribution in [0.2, 0.25) is 0 Å². The molecule has 2 aromatic rings. The van der Waals surface area contributed by atoms with Gasteiger partial charge in [-0.1, -0.05) is 19.1 Å². The Morgan fingerprint density at radius 1 is 1.30 bits per heavy atom. The maximum atomic E-state index is 12.2. The van der Waals surface area contributed by atoms with Gasteiger partial charge >= 0.3 is 5.97 Å². The number of benzene rings is 1. The van der Waals surface area contributed by atoms with Crippen molar-refractivity contribution >= 4 is 29.3 Å². The molecule has 1 amide bonds. The monoisotopic (exact) mass is 333 g/mol. The maximum absolute atomic E-state index is 12.2. The minimum atomic E-state index is -0.834. The molecule has 0 aliphatic rings. The molecule has 122 valence electrons. The van der Waals surface area contributed by atoms with Gasteiger partial charge in [-0.3, -0.25) is 9.59 Å². The molecule has 2 N–H and O–H groups in total. The van der Waals surface area contributed by atoms with Crippen LogP contribution in [0.15, 0.2) is 34.7 Å². The highest BCUT2D eigenvalue weighted by Crippen LogP contribution is 2.19. The van der Waals surface area contributed by atoms with Crippen molar-refractivity contribution in [2.24, 2.45) is 0 Å². The molecule has 2 rings (SSSR count). The zero-order valence-electron chi connectivity index (χ0n) is 13.1. The highest BCUT2D eigenvalue weighted by Gasteiger charge is 2.14. The Morgan fingerprint density at radius 3 is 2.74 bits per heavy atom. The smallest absolute Gasteiger partial charge is 0.313 e. The Morgan fingerprint density at radius 2 is 2.09 bits per heavy atom. The lowest BCUT2D eigenvalue weighted by Gasteiger charge is -2.06. The predicted molar refractivity (Wildman–Crippen MR) is 91.0 cm³/mol. The van der Waals surface area contributed by atoms with E-state index in [1.54, 1.807) is 12.1 Å². The number of carboxylic acids is 1. The molecular weight excluding hydrogens is 314 g/mol. The second-order valence-corrected chi connectivity index (χ2v) is 6.10. The molecule has 6 heteroatoms. The summed E-state index contributed by atoms with van der Waals surface area (Å²) >= 11 is 1.32. The van der Waals surface area contributed by atoms with Crippen LogP contribution in [-0.2, 0) is 17.0 Å². The van der Waals surface area contributed by atoms with Crippen LogP contribution in [0.1, 0.15) is 34.4 Å². The van der Waals surface area contributed by atoms with Crippen molar-refractivity contribution in [1.29, 1.82) is 0 Å². The Kier molecular flexibility index (Phi) is 5.87. The molecule has 0 saturated heterocycles. The van der Waals surface area contributed by atoms with Gasteiger partial charge < -0.3 is 14.8 Å². The summed E-state index contributed by atoms with van der Waals surface area (Å²) in [5.41, 5.74) is 2.59. The Balaban J connectivity index is 2.01. The molecule has 0 radical (unpaired) electrons. The van der Waals surface area contributed by atoms with Crippen molar-refractivity contribution < 1.29 is 19.1 Å². The third-order valence-corrected chi connectivity index (χ3v) is 4.23. The lowest BCUT2D eigenvalue weighted by molar-refractivity contribution is -0.133. The first-order valence-corrected chi connectivity index (χ1v) is 8.44. The minimum absolute atomic E-state index is 0.0576. The molecule has 0 saturated carbocycles. The molecule has 23 heavy (non-hydrogen) atoms. The summed E-state index contributed by atoms with van der Waals surface area (Å²) in [6, 6.07) is 9.09. The van der Waals surface area contributed by atoms with Crippen molar-refractivity contribution in [1.82, 2.24) is 0 Å². The number of thioether (sulfide) groups is 1. The molecule has 0 spiro atoms. The molecule has 0 fully saturated rings. The quantitative estimate of drug-likeness (QED) is 0.807. The molecular formula is C17H19NO4S. The highest BCUT2D eigenvalue weighted by atomic mass is 32.2. The largest absolute Gasteiger partial charge is 0.481 e. The molecule has 1 aromatic carbocycles. The zero-order valence-corrected chi connectivity index (χ0v) is 13.9. The zero-order chi connectivity index (χ0) is 16.8. The lowest BCUT2D eigenvalue weighted by atomic mass is 10.2. The summed E-state index contributed by atoms with van der Waals surface area (Å²) in [5.74, 6) is 0.624. The standard InChI is InChI=1S/C17H19NO4S/c1-3-14-11(2)7-15(22-14)17(21)18-13-6-4-5-12(8-13)9-23-10-16(19)20/h4-8H,3,9-10H2,1-2H3,(H,18,21)(H,19,20). The van der Waals surface area contributed by atoms with Gasteiger partial charge in [-0.2, -0.15) is 0 Å². The first-order chi connectivity index (χ1) is 11.0. The molecule has 0 unspecified atom stereocenters. The van der Waals surface area contributed by atoms with E-state index in [1.165, 1.54) is 11.8 Å². The van der Waals surface area contributed by atoms with Crippen LogP contribution in [0.25, 0.3) is 0 Å². The Bertz CT molecular complexity index is 708. The summed E-state index contributed by atoms with van der Waals surface area (Å²) < 4.78 is 5.54. The number of hydrogen-bond acceptors (Lipinski definition) is 4. The van der Waals surface area contributed by atoms with Crippen LogP contribution in [-0.4, -0.2) is 22.7 Å². The van der Waals surface area contributed by atoms with Gasteiger partial charge in [-0.05, 0) is 36.2 Å². The van der Waals surface area contributed by atoms with E-state index in [4.69, 9.17) is 9.52 Å². The van der Waals surface area contributed by atoms with Gasteiger partial charge in [0.1, 0.15) is 5.76 Å². The van der Waals surface area contributed by atoms with Crippen molar-refractivity contribution in [2.45, 2.75) is 26.0 Å². The number of carbonyl (C=O) groups is 2. The number of nitrogens with one attached hydrogen (secondary N) is 1. The fourth-order valence-electron chi connectivity index (χ4n) is 2.17. The summed E-state index contributed by atoms with van der Waals surface area (Å²) in [6.07, 6.45) is 0.745. The number of furan rings is 1. The van der Waals surface area contributed by atoms with Crippen LogP contribution in [0.5, 0.6) is 0 Å². The first-order valence-electron chi connectivity index (χ1n) is 7.28. The minimum Gasteiger partial charge on any atom is -0.481 e. The van der Waals surface area contributed by atoms with Gasteiger partial charge in [0.25, 0.3) is 5.91 Å². The summed E-state index contributed by atoms with van der Waals surface area (Å²) in [4.78, 5) is 22.7. The first kappa shape index (κ1) is 17.1. The summed E-state index contributed by atoms with van der Waals surface area (Å²) in [5, 5.41) is 11.5. The normalized spacial score (nSPS) is 10.5. The van der Waals surface area contributed by atoms with Crippen LogP contribution < -0.4 is 5.32 Å². The number of aliphatic carboxylic acids is 1. The van der Waals surface area contributed by atoms with Crippen molar-refractivity contribution in [2.75, 3.05) is 11.1 Å². The number of aryl methyl sites for hydroxylation is 2. The number of carbonyl (C=O) groups excluding carboxylic acids is 1. The Hall–Kier alpha value is -2.21. The third-order valence-electron chi connectivity index (χ3n) is 3.24. The van der Waals surface area contributed by atoms with Gasteiger partial charge in [0, 0.05) is 17.9 Å². The van der Waals surface area contributed by atoms with Crippen LogP contribution >= 0.6 is 11.8 Å². The fraction of sp³-hybridized carbons (Fsp3) is 0.294. The van der Waals surface area contributed by atoms with E-state index in [0.29, 0.717) is 17.2 Å². The molecule has 0 aliphatic heterocycles. The average molecular weight is 333 g/mol. The highest BCUT2D eigenvalue weighted by molar-refractivity contribution is 7.99. The topological polar surface area (TPSA) is 79.5 Å². The molecule has 1 heterocycles. The number of anilines is 1. The molecule has 0 bridgehead atoms. The van der Waals surface area contributed by atoms with E-state index < -0.39 is 5.97 Å². The summed E-state index contributed by atoms with van der Waals surface area (Å²) in [7, 11) is 0. The van der Waals surface area contributed by atoms with E-state index in [9.17, 15) is 9.59 Å². The van der Waals surface area contributed by atoms with Gasteiger partial charge in [-0.15, -0.1) is 11.8 Å². The molecule has 5 nitrogen and oxygen atoms in total. The van der Waals surface area contributed by atoms with Crippen LogP contribution in [0.3, 0.4) is 0 Å². The number of carboxylic acid groups (broad SMARTS) is 1.